The first-order valence-electron chi connectivity index (χ1n) is 5.40. The second-order valence-electron chi connectivity index (χ2n) is 3.68. The van der Waals surface area contributed by atoms with Crippen LogP contribution in [0.15, 0.2) is 31.4 Å². The number of hydrogen-bond acceptors (Lipinski definition) is 7. The summed E-state index contributed by atoms with van der Waals surface area (Å²) in [6.07, 6.45) is 3.29. The number of rotatable bonds is 7. The van der Waals surface area contributed by atoms with Crippen LogP contribution < -0.4 is 25.4 Å². The molecule has 0 spiro atoms. The van der Waals surface area contributed by atoms with Crippen LogP contribution in [0.1, 0.15) is 0 Å². The zero-order valence-corrected chi connectivity index (χ0v) is 11.5. The molecule has 0 radical (unpaired) electrons. The molecule has 0 aromatic carbocycles. The summed E-state index contributed by atoms with van der Waals surface area (Å²) in [7, 11) is -4.76. The molecule has 1 aromatic heterocycles. The van der Waals surface area contributed by atoms with E-state index in [2.05, 4.69) is 22.4 Å². The summed E-state index contributed by atoms with van der Waals surface area (Å²) < 4.78 is 34.6. The summed E-state index contributed by atoms with van der Waals surface area (Å²) in [5.74, 6) is -0.103. The third kappa shape index (κ3) is 4.10. The lowest BCUT2D eigenvalue weighted by atomic mass is 10.4. The fraction of sp³-hybridized carbons (Fsp3) is 0.200. The Morgan fingerprint density at radius 2 is 1.95 bits per heavy atom. The Morgan fingerprint density at radius 1 is 1.40 bits per heavy atom. The zero-order valence-electron chi connectivity index (χ0n) is 10.6. The van der Waals surface area contributed by atoms with E-state index in [1.165, 1.54) is 6.07 Å². The van der Waals surface area contributed by atoms with E-state index in [0.29, 0.717) is 23.6 Å². The Hall–Kier alpha value is -2.33. The molecular weight excluding hydrogens is 286 g/mol. The van der Waals surface area contributed by atoms with Crippen LogP contribution >= 0.6 is 0 Å². The van der Waals surface area contributed by atoms with Crippen LogP contribution in [-0.4, -0.2) is 31.0 Å². The van der Waals surface area contributed by atoms with Crippen molar-refractivity contribution in [3.05, 3.63) is 31.4 Å². The van der Waals surface area contributed by atoms with Gasteiger partial charge in [0, 0.05) is 13.1 Å². The number of nitrogens with zero attached hydrogens (tertiary/aromatic N) is 3. The molecule has 0 amide bonds. The molecule has 0 atom stereocenters. The van der Waals surface area contributed by atoms with Gasteiger partial charge in [-0.2, -0.15) is 8.42 Å². The van der Waals surface area contributed by atoms with Crippen molar-refractivity contribution in [1.82, 2.24) is 4.98 Å². The standard InChI is InChI=1S/C10H15N5O4S/c1-3-5-14(6-4-2)9-7-8(11)15(10(12)13-9)19-20(16,17)18/h3-4,7H,1-2,5-6H2,(H4,11,12,13,16,17,18)/p+1. The molecule has 110 valence electrons. The number of anilines is 3. The predicted octanol–water partition coefficient (Wildman–Crippen LogP) is -1.06. The normalized spacial score (nSPS) is 10.8. The molecule has 0 aliphatic rings. The lowest BCUT2D eigenvalue weighted by Crippen LogP contribution is -2.50. The Kier molecular flexibility index (Phi) is 4.88. The van der Waals surface area contributed by atoms with Gasteiger partial charge < -0.3 is 16.4 Å². The molecule has 0 unspecified atom stereocenters. The van der Waals surface area contributed by atoms with E-state index in [1.54, 1.807) is 17.1 Å². The Morgan fingerprint density at radius 3 is 2.35 bits per heavy atom. The van der Waals surface area contributed by atoms with E-state index < -0.39 is 10.4 Å². The lowest BCUT2D eigenvalue weighted by molar-refractivity contribution is -0.835. The van der Waals surface area contributed by atoms with Crippen molar-refractivity contribution in [3.63, 3.8) is 0 Å². The molecule has 1 heterocycles. The minimum Gasteiger partial charge on any atom is -0.339 e. The second-order valence-corrected chi connectivity index (χ2v) is 4.68. The fourth-order valence-electron chi connectivity index (χ4n) is 1.43. The van der Waals surface area contributed by atoms with Gasteiger partial charge in [-0.15, -0.1) is 13.2 Å². The van der Waals surface area contributed by atoms with Gasteiger partial charge in [-0.1, -0.05) is 17.1 Å². The molecule has 9 nitrogen and oxygen atoms in total. The summed E-state index contributed by atoms with van der Waals surface area (Å²) in [6.45, 7) is 8.14. The maximum absolute atomic E-state index is 10.7. The number of nitrogen functional groups attached to an aromatic ring is 2. The van der Waals surface area contributed by atoms with Crippen LogP contribution in [0, 0.1) is 0 Å². The predicted molar refractivity (Wildman–Crippen MR) is 74.0 cm³/mol. The smallest absolute Gasteiger partial charge is 0.339 e. The van der Waals surface area contributed by atoms with E-state index in [4.69, 9.17) is 16.0 Å². The highest BCUT2D eigenvalue weighted by Crippen LogP contribution is 2.13. The van der Waals surface area contributed by atoms with Crippen LogP contribution in [0.5, 0.6) is 0 Å². The number of hydrogen-bond donors (Lipinski definition) is 3. The van der Waals surface area contributed by atoms with Crippen molar-refractivity contribution in [3.8, 4) is 0 Å². The fourth-order valence-corrected chi connectivity index (χ4v) is 1.78. The van der Waals surface area contributed by atoms with Gasteiger partial charge in [0.15, 0.2) is 5.82 Å². The first-order chi connectivity index (χ1) is 9.28. The minimum absolute atomic E-state index is 0.150. The third-order valence-corrected chi connectivity index (χ3v) is 2.48. The van der Waals surface area contributed by atoms with Crippen molar-refractivity contribution in [2.45, 2.75) is 0 Å². The van der Waals surface area contributed by atoms with E-state index in [-0.39, 0.29) is 11.8 Å². The summed E-state index contributed by atoms with van der Waals surface area (Å²) in [5.41, 5.74) is 11.2. The third-order valence-electron chi connectivity index (χ3n) is 2.14. The average molecular weight is 302 g/mol. The van der Waals surface area contributed by atoms with Crippen LogP contribution in [-0.2, 0) is 10.4 Å². The van der Waals surface area contributed by atoms with Gasteiger partial charge in [-0.05, 0) is 4.73 Å². The summed E-state index contributed by atoms with van der Waals surface area (Å²) >= 11 is 0. The summed E-state index contributed by atoms with van der Waals surface area (Å²) in [6, 6.07) is 1.34. The van der Waals surface area contributed by atoms with Crippen LogP contribution in [0.25, 0.3) is 0 Å². The number of nitrogens with two attached hydrogens (primary N) is 2. The van der Waals surface area contributed by atoms with Gasteiger partial charge >= 0.3 is 16.3 Å². The molecule has 0 saturated carbocycles. The van der Waals surface area contributed by atoms with Crippen molar-refractivity contribution in [2.75, 3.05) is 29.5 Å². The van der Waals surface area contributed by atoms with Gasteiger partial charge in [0.25, 0.3) is 0 Å². The molecule has 0 fully saturated rings. The lowest BCUT2D eigenvalue weighted by Gasteiger charge is -2.18. The largest absolute Gasteiger partial charge is 0.474 e. The second kappa shape index (κ2) is 6.21. The maximum atomic E-state index is 10.7. The monoisotopic (exact) mass is 302 g/mol. The van der Waals surface area contributed by atoms with E-state index >= 15 is 0 Å². The quantitative estimate of drug-likeness (QED) is 0.329. The maximum Gasteiger partial charge on any atom is 0.474 e. The zero-order chi connectivity index (χ0) is 15.3. The molecule has 5 N–H and O–H groups in total. The van der Waals surface area contributed by atoms with Gasteiger partial charge in [-0.3, -0.25) is 4.55 Å². The SMILES string of the molecule is C=CCN(CC=C)c1cc(N)[n+](OS(=O)(=O)O)c(N)n1. The first kappa shape index (κ1) is 15.7. The van der Waals surface area contributed by atoms with Gasteiger partial charge in [0.2, 0.25) is 5.82 Å². The van der Waals surface area contributed by atoms with E-state index in [0.717, 1.165) is 0 Å². The average Bonchev–Trinajstić information content (AvgIpc) is 2.32. The molecular formula is C10H16N5O4S+. The van der Waals surface area contributed by atoms with Crippen molar-refractivity contribution in [1.29, 1.82) is 0 Å². The summed E-state index contributed by atoms with van der Waals surface area (Å²) in [4.78, 5) is 5.69. The first-order valence-corrected chi connectivity index (χ1v) is 6.77. The molecule has 10 heteroatoms. The molecule has 20 heavy (non-hydrogen) atoms. The highest BCUT2D eigenvalue weighted by molar-refractivity contribution is 7.80. The van der Waals surface area contributed by atoms with Gasteiger partial charge in [-0.25, -0.2) is 4.28 Å². The number of aromatic nitrogens is 2. The van der Waals surface area contributed by atoms with E-state index in [9.17, 15) is 8.42 Å². The van der Waals surface area contributed by atoms with Crippen molar-refractivity contribution < 1.29 is 22.0 Å². The van der Waals surface area contributed by atoms with Crippen molar-refractivity contribution in [2.24, 2.45) is 0 Å². The molecule has 0 bridgehead atoms. The topological polar surface area (TPSA) is 136 Å². The minimum atomic E-state index is -4.76. The van der Waals surface area contributed by atoms with Crippen molar-refractivity contribution >= 4 is 28.0 Å². The highest BCUT2D eigenvalue weighted by atomic mass is 32.3. The Bertz CT molecular complexity index is 583. The molecule has 1 aromatic rings. The van der Waals surface area contributed by atoms with Gasteiger partial charge in [0.1, 0.15) is 0 Å². The van der Waals surface area contributed by atoms with Crippen LogP contribution in [0.4, 0.5) is 17.6 Å². The van der Waals surface area contributed by atoms with Crippen LogP contribution in [0.2, 0.25) is 0 Å². The molecule has 0 saturated heterocycles. The molecule has 0 aliphatic carbocycles. The Balaban J connectivity index is 3.20. The molecule has 0 aliphatic heterocycles. The highest BCUT2D eigenvalue weighted by Gasteiger charge is 2.21. The summed E-state index contributed by atoms with van der Waals surface area (Å²) in [5, 5.41) is 0. The van der Waals surface area contributed by atoms with Crippen LogP contribution in [0.3, 0.4) is 0 Å². The Labute approximate surface area is 116 Å². The molecule has 1 rings (SSSR count). The van der Waals surface area contributed by atoms with Gasteiger partial charge in [0.05, 0.1) is 6.07 Å². The van der Waals surface area contributed by atoms with E-state index in [1.807, 2.05) is 0 Å².